The van der Waals surface area contributed by atoms with E-state index in [4.69, 9.17) is 4.42 Å². The molecule has 2 amide bonds. The van der Waals surface area contributed by atoms with Gasteiger partial charge >= 0.3 is 0 Å². The fourth-order valence-electron chi connectivity index (χ4n) is 2.56. The smallest absolute Gasteiger partial charge is 0.287 e. The summed E-state index contributed by atoms with van der Waals surface area (Å²) in [6.07, 6.45) is 1.41. The maximum atomic E-state index is 12.7. The number of benzene rings is 1. The van der Waals surface area contributed by atoms with Gasteiger partial charge in [0, 0.05) is 5.69 Å². The summed E-state index contributed by atoms with van der Waals surface area (Å²) in [6.45, 7) is 5.49. The molecule has 0 radical (unpaired) electrons. The minimum Gasteiger partial charge on any atom is -0.459 e. The van der Waals surface area contributed by atoms with E-state index in [0.717, 1.165) is 5.69 Å². The van der Waals surface area contributed by atoms with E-state index in [0.29, 0.717) is 11.5 Å². The fourth-order valence-corrected chi connectivity index (χ4v) is 2.56. The Bertz CT molecular complexity index is 932. The number of carbonyl (C=O) groups excluding carboxylic acids is 2. The minimum absolute atomic E-state index is 0.117. The molecule has 1 aromatic carbocycles. The monoisotopic (exact) mass is 368 g/mol. The molecule has 0 aliphatic carbocycles. The van der Waals surface area contributed by atoms with Gasteiger partial charge in [0.25, 0.3) is 5.91 Å². The zero-order chi connectivity index (χ0) is 19.4. The molecular formula is C18H20N6O3. The summed E-state index contributed by atoms with van der Waals surface area (Å²) < 4.78 is 6.64. The molecule has 1 atom stereocenters. The van der Waals surface area contributed by atoms with Crippen LogP contribution in [0.2, 0.25) is 0 Å². The molecule has 0 aliphatic rings. The SMILES string of the molecule is Cc1nnnn1-c1cccc(NC(=O)C(NC(=O)c2ccco2)C(C)C)c1. The first kappa shape index (κ1) is 18.3. The number of nitrogens with one attached hydrogen (secondary N) is 2. The molecule has 9 nitrogen and oxygen atoms in total. The number of rotatable bonds is 6. The lowest BCUT2D eigenvalue weighted by Gasteiger charge is -2.21. The van der Waals surface area contributed by atoms with Gasteiger partial charge in [0.2, 0.25) is 5.91 Å². The number of nitrogens with zero attached hydrogens (tertiary/aromatic N) is 4. The van der Waals surface area contributed by atoms with E-state index in [-0.39, 0.29) is 17.6 Å². The molecule has 9 heteroatoms. The summed E-state index contributed by atoms with van der Waals surface area (Å²) in [5.74, 6) is -0.0925. The summed E-state index contributed by atoms with van der Waals surface area (Å²) in [5.41, 5.74) is 1.29. The molecule has 1 unspecified atom stereocenters. The van der Waals surface area contributed by atoms with Crippen molar-refractivity contribution >= 4 is 17.5 Å². The van der Waals surface area contributed by atoms with Crippen molar-refractivity contribution < 1.29 is 14.0 Å². The van der Waals surface area contributed by atoms with Crippen LogP contribution in [0.25, 0.3) is 5.69 Å². The Balaban J connectivity index is 1.74. The van der Waals surface area contributed by atoms with Gasteiger partial charge in [-0.2, -0.15) is 4.68 Å². The van der Waals surface area contributed by atoms with Crippen LogP contribution in [0.1, 0.15) is 30.2 Å². The van der Waals surface area contributed by atoms with Crippen molar-refractivity contribution in [3.8, 4) is 5.69 Å². The van der Waals surface area contributed by atoms with Crippen molar-refractivity contribution in [2.45, 2.75) is 26.8 Å². The molecule has 2 aromatic heterocycles. The Morgan fingerprint density at radius 1 is 1.19 bits per heavy atom. The van der Waals surface area contributed by atoms with Gasteiger partial charge < -0.3 is 15.1 Å². The number of carbonyl (C=O) groups is 2. The average molecular weight is 368 g/mol. The quantitative estimate of drug-likeness (QED) is 0.687. The minimum atomic E-state index is -0.721. The molecule has 0 fully saturated rings. The molecule has 0 bridgehead atoms. The third kappa shape index (κ3) is 4.20. The molecule has 0 spiro atoms. The molecule has 140 valence electrons. The summed E-state index contributed by atoms with van der Waals surface area (Å²) >= 11 is 0. The van der Waals surface area contributed by atoms with Crippen LogP contribution in [0.4, 0.5) is 5.69 Å². The third-order valence-corrected chi connectivity index (χ3v) is 3.96. The summed E-state index contributed by atoms with van der Waals surface area (Å²) in [6, 6.07) is 9.57. The van der Waals surface area contributed by atoms with Crippen LogP contribution >= 0.6 is 0 Å². The number of aryl methyl sites for hydroxylation is 1. The molecule has 27 heavy (non-hydrogen) atoms. The van der Waals surface area contributed by atoms with Gasteiger partial charge in [0.1, 0.15) is 6.04 Å². The highest BCUT2D eigenvalue weighted by Crippen LogP contribution is 2.16. The summed E-state index contributed by atoms with van der Waals surface area (Å²) in [7, 11) is 0. The molecule has 0 saturated carbocycles. The van der Waals surface area contributed by atoms with Gasteiger partial charge in [-0.05, 0) is 53.6 Å². The van der Waals surface area contributed by atoms with E-state index >= 15 is 0 Å². The van der Waals surface area contributed by atoms with Gasteiger partial charge in [-0.3, -0.25) is 9.59 Å². The van der Waals surface area contributed by atoms with E-state index in [2.05, 4.69) is 26.2 Å². The van der Waals surface area contributed by atoms with Gasteiger partial charge in [-0.1, -0.05) is 19.9 Å². The highest BCUT2D eigenvalue weighted by molar-refractivity contribution is 6.00. The van der Waals surface area contributed by atoms with Crippen LogP contribution in [-0.4, -0.2) is 38.1 Å². The molecule has 0 aliphatic heterocycles. The van der Waals surface area contributed by atoms with E-state index < -0.39 is 11.9 Å². The van der Waals surface area contributed by atoms with Gasteiger partial charge in [-0.15, -0.1) is 5.10 Å². The number of anilines is 1. The second kappa shape index (κ2) is 7.81. The zero-order valence-electron chi connectivity index (χ0n) is 15.2. The molecule has 0 saturated heterocycles. The van der Waals surface area contributed by atoms with Crippen LogP contribution in [0.5, 0.6) is 0 Å². The number of aromatic nitrogens is 4. The summed E-state index contributed by atoms with van der Waals surface area (Å²) in [5, 5.41) is 16.9. The maximum absolute atomic E-state index is 12.7. The predicted octanol–water partition coefficient (Wildman–Crippen LogP) is 1.96. The molecule has 3 rings (SSSR count). The van der Waals surface area contributed by atoms with Crippen molar-refractivity contribution in [1.29, 1.82) is 0 Å². The first-order chi connectivity index (χ1) is 13.0. The zero-order valence-corrected chi connectivity index (χ0v) is 15.2. The van der Waals surface area contributed by atoms with Gasteiger partial charge in [0.05, 0.1) is 12.0 Å². The lowest BCUT2D eigenvalue weighted by molar-refractivity contribution is -0.118. The van der Waals surface area contributed by atoms with E-state index in [9.17, 15) is 9.59 Å². The van der Waals surface area contributed by atoms with Crippen LogP contribution in [0.15, 0.2) is 47.1 Å². The Morgan fingerprint density at radius 2 is 2.00 bits per heavy atom. The normalized spacial score (nSPS) is 12.0. The van der Waals surface area contributed by atoms with Crippen molar-refractivity contribution in [3.05, 3.63) is 54.2 Å². The fraction of sp³-hybridized carbons (Fsp3) is 0.278. The van der Waals surface area contributed by atoms with Crippen molar-refractivity contribution in [2.24, 2.45) is 5.92 Å². The van der Waals surface area contributed by atoms with Gasteiger partial charge in [-0.25, -0.2) is 0 Å². The highest BCUT2D eigenvalue weighted by Gasteiger charge is 2.25. The lowest BCUT2D eigenvalue weighted by Crippen LogP contribution is -2.47. The van der Waals surface area contributed by atoms with Crippen LogP contribution in [-0.2, 0) is 4.79 Å². The largest absolute Gasteiger partial charge is 0.459 e. The van der Waals surface area contributed by atoms with E-state index in [1.54, 1.807) is 41.9 Å². The average Bonchev–Trinajstić information content (AvgIpc) is 3.31. The number of hydrogen-bond donors (Lipinski definition) is 2. The number of furan rings is 1. The number of amides is 2. The highest BCUT2D eigenvalue weighted by atomic mass is 16.3. The Kier molecular flexibility index (Phi) is 5.30. The first-order valence-corrected chi connectivity index (χ1v) is 8.46. The second-order valence-corrected chi connectivity index (χ2v) is 6.35. The predicted molar refractivity (Wildman–Crippen MR) is 97.3 cm³/mol. The topological polar surface area (TPSA) is 115 Å². The Morgan fingerprint density at radius 3 is 2.63 bits per heavy atom. The van der Waals surface area contributed by atoms with E-state index in [1.807, 2.05) is 19.9 Å². The number of hydrogen-bond acceptors (Lipinski definition) is 6. The van der Waals surface area contributed by atoms with Crippen LogP contribution in [0.3, 0.4) is 0 Å². The van der Waals surface area contributed by atoms with Crippen molar-refractivity contribution in [2.75, 3.05) is 5.32 Å². The molecule has 3 aromatic rings. The standard InChI is InChI=1S/C18H20N6O3/c1-11(2)16(20-17(25)15-8-5-9-27-15)18(26)19-13-6-4-7-14(10-13)24-12(3)21-22-23-24/h4-11,16H,1-3H3,(H,19,26)(H,20,25). The Labute approximate surface area is 155 Å². The number of tetrazole rings is 1. The third-order valence-electron chi connectivity index (χ3n) is 3.96. The molecule has 2 N–H and O–H groups in total. The van der Waals surface area contributed by atoms with Crippen molar-refractivity contribution in [3.63, 3.8) is 0 Å². The van der Waals surface area contributed by atoms with Crippen LogP contribution < -0.4 is 10.6 Å². The van der Waals surface area contributed by atoms with Crippen LogP contribution in [0, 0.1) is 12.8 Å². The lowest BCUT2D eigenvalue weighted by atomic mass is 10.0. The van der Waals surface area contributed by atoms with Gasteiger partial charge in [0.15, 0.2) is 11.6 Å². The Hall–Kier alpha value is -3.49. The second-order valence-electron chi connectivity index (χ2n) is 6.35. The molecule has 2 heterocycles. The first-order valence-electron chi connectivity index (χ1n) is 8.46. The van der Waals surface area contributed by atoms with Crippen molar-refractivity contribution in [1.82, 2.24) is 25.5 Å². The summed E-state index contributed by atoms with van der Waals surface area (Å²) in [4.78, 5) is 24.9. The van der Waals surface area contributed by atoms with E-state index in [1.165, 1.54) is 6.26 Å². The maximum Gasteiger partial charge on any atom is 0.287 e. The molecular weight excluding hydrogens is 348 g/mol.